The lowest BCUT2D eigenvalue weighted by Crippen LogP contribution is -2.49. The molecule has 1 aliphatic heterocycles. The fourth-order valence-corrected chi connectivity index (χ4v) is 5.45. The Labute approximate surface area is 189 Å². The molecular weight excluding hydrogens is 438 g/mol. The number of aryl methyl sites for hydroxylation is 1. The van der Waals surface area contributed by atoms with Crippen LogP contribution in [0.25, 0.3) is 0 Å². The number of sulfonamides is 1. The predicted molar refractivity (Wildman–Crippen MR) is 122 cm³/mol. The van der Waals surface area contributed by atoms with E-state index in [1.54, 1.807) is 15.8 Å². The lowest BCUT2D eigenvalue weighted by molar-refractivity contribution is 0.0769. The molecule has 1 aromatic carbocycles. The van der Waals surface area contributed by atoms with Crippen LogP contribution in [0, 0.1) is 0 Å². The Morgan fingerprint density at radius 2 is 1.81 bits per heavy atom. The summed E-state index contributed by atoms with van der Waals surface area (Å²) in [6.07, 6.45) is 2.36. The number of piperazine rings is 1. The van der Waals surface area contributed by atoms with Gasteiger partial charge in [0.15, 0.2) is 0 Å². The molecule has 10 heteroatoms. The minimum absolute atomic E-state index is 0.144. The Bertz CT molecular complexity index is 1010. The third kappa shape index (κ3) is 5.05. The smallest absolute Gasteiger partial charge is 0.263 e. The summed E-state index contributed by atoms with van der Waals surface area (Å²) in [5, 5.41) is 4.82. The zero-order valence-electron chi connectivity index (χ0n) is 18.3. The van der Waals surface area contributed by atoms with Crippen molar-refractivity contribution in [1.29, 1.82) is 0 Å². The van der Waals surface area contributed by atoms with Gasteiger partial charge in [-0.3, -0.25) is 9.48 Å². The van der Waals surface area contributed by atoms with E-state index >= 15 is 0 Å². The Balaban J connectivity index is 1.85. The predicted octanol–water partition coefficient (Wildman–Crippen LogP) is 2.94. The number of aromatic nitrogens is 2. The summed E-state index contributed by atoms with van der Waals surface area (Å²) in [6.45, 7) is 9.00. The van der Waals surface area contributed by atoms with Crippen molar-refractivity contribution in [3.63, 3.8) is 0 Å². The molecule has 3 rings (SSSR count). The van der Waals surface area contributed by atoms with E-state index in [1.807, 2.05) is 45.0 Å². The highest BCUT2D eigenvalue weighted by molar-refractivity contribution is 7.89. The van der Waals surface area contributed by atoms with Crippen molar-refractivity contribution >= 4 is 33.2 Å². The molecule has 8 nitrogen and oxygen atoms in total. The summed E-state index contributed by atoms with van der Waals surface area (Å²) in [6, 6.07) is 7.53. The summed E-state index contributed by atoms with van der Waals surface area (Å²) in [4.78, 5) is 16.7. The van der Waals surface area contributed by atoms with E-state index in [1.165, 1.54) is 4.31 Å². The Hall–Kier alpha value is -2.10. The van der Waals surface area contributed by atoms with Gasteiger partial charge in [-0.1, -0.05) is 24.6 Å². The number of hydrogen-bond acceptors (Lipinski definition) is 5. The van der Waals surface area contributed by atoms with Crippen molar-refractivity contribution in [2.75, 3.05) is 44.2 Å². The number of nitrogens with zero attached hydrogens (tertiary/aromatic N) is 5. The van der Waals surface area contributed by atoms with E-state index in [9.17, 15) is 13.2 Å². The summed E-state index contributed by atoms with van der Waals surface area (Å²) >= 11 is 6.09. The van der Waals surface area contributed by atoms with Crippen LogP contribution in [-0.4, -0.2) is 72.6 Å². The van der Waals surface area contributed by atoms with Crippen molar-refractivity contribution < 1.29 is 13.2 Å². The molecule has 0 atom stereocenters. The van der Waals surface area contributed by atoms with Crippen LogP contribution in [0.3, 0.4) is 0 Å². The van der Waals surface area contributed by atoms with Gasteiger partial charge in [0.25, 0.3) is 15.9 Å². The first kappa shape index (κ1) is 23.6. The van der Waals surface area contributed by atoms with Gasteiger partial charge in [-0.2, -0.15) is 9.40 Å². The number of hydrogen-bond donors (Lipinski definition) is 0. The second kappa shape index (κ2) is 10.0. The first-order chi connectivity index (χ1) is 14.8. The van der Waals surface area contributed by atoms with Crippen molar-refractivity contribution in [1.82, 2.24) is 19.0 Å². The molecule has 1 aliphatic rings. The second-order valence-electron chi connectivity index (χ2n) is 7.46. The van der Waals surface area contributed by atoms with Crippen LogP contribution in [0.1, 0.15) is 37.6 Å². The average Bonchev–Trinajstić information content (AvgIpc) is 3.20. The largest absolute Gasteiger partial charge is 0.369 e. The molecule has 1 saturated heterocycles. The lowest BCUT2D eigenvalue weighted by Gasteiger charge is -2.35. The van der Waals surface area contributed by atoms with Gasteiger partial charge in [0.05, 0.1) is 5.56 Å². The third-order valence-electron chi connectivity index (χ3n) is 5.46. The fraction of sp³-hybridized carbons (Fsp3) is 0.524. The van der Waals surface area contributed by atoms with Crippen molar-refractivity contribution in [2.24, 2.45) is 0 Å². The molecule has 170 valence electrons. The molecule has 0 N–H and O–H groups in total. The van der Waals surface area contributed by atoms with Crippen LogP contribution in [-0.2, 0) is 16.6 Å². The van der Waals surface area contributed by atoms with Crippen LogP contribution < -0.4 is 4.90 Å². The van der Waals surface area contributed by atoms with E-state index < -0.39 is 10.0 Å². The van der Waals surface area contributed by atoms with Gasteiger partial charge >= 0.3 is 0 Å². The molecule has 31 heavy (non-hydrogen) atoms. The molecule has 0 unspecified atom stereocenters. The Morgan fingerprint density at radius 1 is 1.13 bits per heavy atom. The first-order valence-electron chi connectivity index (χ1n) is 10.7. The second-order valence-corrected chi connectivity index (χ2v) is 9.75. The first-order valence-corrected chi connectivity index (χ1v) is 12.5. The SMILES string of the molecule is CCCn1cc(C(=O)N(CC)CC)c(S(=O)(=O)N2CCN(c3cccc(Cl)c3)CC2)n1. The molecule has 1 fully saturated rings. The monoisotopic (exact) mass is 467 g/mol. The van der Waals surface area contributed by atoms with Gasteiger partial charge < -0.3 is 9.80 Å². The van der Waals surface area contributed by atoms with Crippen molar-refractivity contribution in [2.45, 2.75) is 38.8 Å². The van der Waals surface area contributed by atoms with Gasteiger partial charge in [-0.25, -0.2) is 8.42 Å². The van der Waals surface area contributed by atoms with E-state index in [-0.39, 0.29) is 16.5 Å². The molecular formula is C21H30ClN5O3S. The Kier molecular flexibility index (Phi) is 7.61. The van der Waals surface area contributed by atoms with Gasteiger partial charge in [-0.05, 0) is 38.5 Å². The maximum atomic E-state index is 13.5. The topological polar surface area (TPSA) is 78.8 Å². The highest BCUT2D eigenvalue weighted by atomic mass is 35.5. The summed E-state index contributed by atoms with van der Waals surface area (Å²) in [7, 11) is -3.90. The zero-order valence-corrected chi connectivity index (χ0v) is 19.9. The highest BCUT2D eigenvalue weighted by Gasteiger charge is 2.35. The Morgan fingerprint density at radius 3 is 2.39 bits per heavy atom. The number of amides is 1. The zero-order chi connectivity index (χ0) is 22.6. The molecule has 0 aliphatic carbocycles. The number of carbonyl (C=O) groups is 1. The minimum Gasteiger partial charge on any atom is -0.369 e. The molecule has 0 spiro atoms. The highest BCUT2D eigenvalue weighted by Crippen LogP contribution is 2.25. The molecule has 2 heterocycles. The van der Waals surface area contributed by atoms with Gasteiger partial charge in [0, 0.05) is 62.7 Å². The number of carbonyl (C=O) groups excluding carboxylic acids is 1. The fourth-order valence-electron chi connectivity index (χ4n) is 3.75. The number of halogens is 1. The summed E-state index contributed by atoms with van der Waals surface area (Å²) in [5.74, 6) is -0.302. The molecule has 1 amide bonds. The molecule has 0 saturated carbocycles. The normalized spacial score (nSPS) is 15.3. The molecule has 0 bridgehead atoms. The number of anilines is 1. The summed E-state index contributed by atoms with van der Waals surface area (Å²) < 4.78 is 29.9. The quantitative estimate of drug-likeness (QED) is 0.596. The minimum atomic E-state index is -3.90. The maximum Gasteiger partial charge on any atom is 0.263 e. The third-order valence-corrected chi connectivity index (χ3v) is 7.53. The van der Waals surface area contributed by atoms with Crippen molar-refractivity contribution in [3.8, 4) is 0 Å². The summed E-state index contributed by atoms with van der Waals surface area (Å²) in [5.41, 5.74) is 1.11. The lowest BCUT2D eigenvalue weighted by atomic mass is 10.2. The number of benzene rings is 1. The number of rotatable bonds is 8. The molecule has 0 radical (unpaired) electrons. The van der Waals surface area contributed by atoms with Crippen LogP contribution in [0.2, 0.25) is 5.02 Å². The average molecular weight is 468 g/mol. The van der Waals surface area contributed by atoms with Crippen LogP contribution in [0.5, 0.6) is 0 Å². The maximum absolute atomic E-state index is 13.5. The molecule has 2 aromatic rings. The van der Waals surface area contributed by atoms with Crippen molar-refractivity contribution in [3.05, 3.63) is 41.0 Å². The van der Waals surface area contributed by atoms with Gasteiger partial charge in [-0.15, -0.1) is 0 Å². The molecule has 1 aromatic heterocycles. The van der Waals surface area contributed by atoms with E-state index in [0.29, 0.717) is 50.8 Å². The van der Waals surface area contributed by atoms with Crippen LogP contribution >= 0.6 is 11.6 Å². The van der Waals surface area contributed by atoms with E-state index in [4.69, 9.17) is 11.6 Å². The standard InChI is InChI=1S/C21H30ClN5O3S/c1-4-10-26-16-19(21(28)24(5-2)6-3)20(23-26)31(29,30)27-13-11-25(12-14-27)18-9-7-8-17(22)15-18/h7-9,15-16H,4-6,10-14H2,1-3H3. The van der Waals surface area contributed by atoms with Crippen LogP contribution in [0.4, 0.5) is 5.69 Å². The van der Waals surface area contributed by atoms with Gasteiger partial charge in [0.1, 0.15) is 0 Å². The van der Waals surface area contributed by atoms with E-state index in [0.717, 1.165) is 12.1 Å². The van der Waals surface area contributed by atoms with E-state index in [2.05, 4.69) is 10.00 Å². The van der Waals surface area contributed by atoms with Crippen LogP contribution in [0.15, 0.2) is 35.5 Å². The van der Waals surface area contributed by atoms with Gasteiger partial charge in [0.2, 0.25) is 5.03 Å².